The molecule has 0 fully saturated rings. The minimum absolute atomic E-state index is 0.0638. The first-order chi connectivity index (χ1) is 22.2. The molecular weight excluding hydrogens is 622 g/mol. The van der Waals surface area contributed by atoms with E-state index in [4.69, 9.17) is 30.8 Å². The van der Waals surface area contributed by atoms with Crippen LogP contribution in [0.1, 0.15) is 50.4 Å². The highest BCUT2D eigenvalue weighted by Gasteiger charge is 2.34. The Labute approximate surface area is 275 Å². The van der Waals surface area contributed by atoms with Crippen molar-refractivity contribution in [2.75, 3.05) is 13.7 Å². The molecule has 1 atom stereocenters. The lowest BCUT2D eigenvalue weighted by Gasteiger charge is -2.25. The van der Waals surface area contributed by atoms with Gasteiger partial charge in [-0.25, -0.2) is 9.79 Å². The van der Waals surface area contributed by atoms with Crippen molar-refractivity contribution < 1.29 is 19.0 Å². The van der Waals surface area contributed by atoms with Gasteiger partial charge in [0.2, 0.25) is 0 Å². The summed E-state index contributed by atoms with van der Waals surface area (Å²) in [7, 11) is 1.56. The topological polar surface area (TPSA) is 84.1 Å². The number of allylic oxidation sites excluding steroid dienone is 1. The molecule has 0 saturated carbocycles. The number of esters is 1. The minimum Gasteiger partial charge on any atom is -0.493 e. The van der Waals surface area contributed by atoms with Crippen LogP contribution in [0.5, 0.6) is 11.5 Å². The number of ether oxygens (including phenoxy) is 3. The van der Waals surface area contributed by atoms with Gasteiger partial charge in [0, 0.05) is 34.2 Å². The van der Waals surface area contributed by atoms with Gasteiger partial charge in [-0.1, -0.05) is 59.3 Å². The Balaban J connectivity index is 1.51. The number of hydrogen-bond acceptors (Lipinski definition) is 7. The molecule has 2 aromatic heterocycles. The van der Waals surface area contributed by atoms with Gasteiger partial charge < -0.3 is 18.8 Å². The SMILES string of the molecule is CCOC(=O)C1=C(C)N=c2s/c(=C/c3cn(Cc4cccc(Cl)c4)c4ccccc34)c(=O)n2[C@H]1c1ccc(OC(C)C)c(OC)c1. The summed E-state index contributed by atoms with van der Waals surface area (Å²) in [6.45, 7) is 8.21. The van der Waals surface area contributed by atoms with Crippen LogP contribution in [-0.2, 0) is 16.1 Å². The Hall–Kier alpha value is -4.60. The van der Waals surface area contributed by atoms with Crippen molar-refractivity contribution in [2.24, 2.45) is 4.99 Å². The van der Waals surface area contributed by atoms with E-state index in [2.05, 4.69) is 16.8 Å². The number of hydrogen-bond donors (Lipinski definition) is 0. The highest BCUT2D eigenvalue weighted by molar-refractivity contribution is 7.07. The van der Waals surface area contributed by atoms with Crippen LogP contribution in [0.2, 0.25) is 5.02 Å². The molecule has 0 saturated heterocycles. The van der Waals surface area contributed by atoms with Crippen LogP contribution in [-0.4, -0.2) is 34.9 Å². The summed E-state index contributed by atoms with van der Waals surface area (Å²) >= 11 is 7.55. The standard InChI is InChI=1S/C36H34ClN3O5S/c1-6-44-35(42)32-22(4)38-36-40(33(32)24-14-15-29(45-21(2)3)30(17-24)43-5)34(41)31(46-36)18-25-20-39(28-13-8-7-12-27(25)28)19-23-10-9-11-26(37)16-23/h7-18,20-21,33H,6,19H2,1-5H3/b31-18+/t33-/m0/s1. The quantitative estimate of drug-likeness (QED) is 0.175. The molecule has 8 nitrogen and oxygen atoms in total. The molecule has 10 heteroatoms. The van der Waals surface area contributed by atoms with Crippen molar-refractivity contribution in [1.29, 1.82) is 0 Å². The van der Waals surface area contributed by atoms with Gasteiger partial charge >= 0.3 is 5.97 Å². The van der Waals surface area contributed by atoms with Crippen molar-refractivity contribution in [1.82, 2.24) is 9.13 Å². The van der Waals surface area contributed by atoms with Crippen LogP contribution in [0, 0.1) is 0 Å². The van der Waals surface area contributed by atoms with Crippen molar-refractivity contribution in [3.8, 4) is 11.5 Å². The number of fused-ring (bicyclic) bond motifs is 2. The molecule has 236 valence electrons. The fourth-order valence-corrected chi connectivity index (χ4v) is 7.06. The largest absolute Gasteiger partial charge is 0.493 e. The second-order valence-electron chi connectivity index (χ2n) is 11.2. The molecular formula is C36H34ClN3O5S. The lowest BCUT2D eigenvalue weighted by Crippen LogP contribution is -2.40. The maximum absolute atomic E-state index is 14.3. The molecule has 1 aliphatic rings. The van der Waals surface area contributed by atoms with Gasteiger partial charge in [0.25, 0.3) is 5.56 Å². The minimum atomic E-state index is -0.774. The molecule has 0 radical (unpaired) electrons. The predicted octanol–water partition coefficient (Wildman–Crippen LogP) is 6.25. The summed E-state index contributed by atoms with van der Waals surface area (Å²) in [5, 5.41) is 1.70. The third kappa shape index (κ3) is 6.00. The highest BCUT2D eigenvalue weighted by Crippen LogP contribution is 2.36. The number of carbonyl (C=O) groups is 1. The fraction of sp³-hybridized carbons (Fsp3) is 0.250. The molecule has 1 aliphatic heterocycles. The van der Waals surface area contributed by atoms with E-state index in [9.17, 15) is 9.59 Å². The van der Waals surface area contributed by atoms with Crippen LogP contribution in [0.15, 0.2) is 94.0 Å². The number of rotatable bonds is 9. The first-order valence-corrected chi connectivity index (χ1v) is 16.2. The summed E-state index contributed by atoms with van der Waals surface area (Å²) in [5.74, 6) is 0.550. The third-order valence-electron chi connectivity index (χ3n) is 7.73. The molecule has 3 heterocycles. The maximum atomic E-state index is 14.3. The summed E-state index contributed by atoms with van der Waals surface area (Å²) in [6.07, 6.45) is 3.89. The second kappa shape index (κ2) is 13.0. The van der Waals surface area contributed by atoms with Gasteiger partial charge in [0.05, 0.1) is 41.7 Å². The van der Waals surface area contributed by atoms with E-state index in [0.29, 0.717) is 49.2 Å². The molecule has 6 rings (SSSR count). The van der Waals surface area contributed by atoms with Crippen LogP contribution in [0.25, 0.3) is 17.0 Å². The number of para-hydroxylation sites is 1. The molecule has 0 bridgehead atoms. The molecule has 3 aromatic carbocycles. The Bertz CT molecular complexity index is 2180. The number of thiazole rings is 1. The van der Waals surface area contributed by atoms with Gasteiger partial charge in [-0.05, 0) is 75.2 Å². The Kier molecular flexibility index (Phi) is 8.88. The zero-order valence-electron chi connectivity index (χ0n) is 26.2. The van der Waals surface area contributed by atoms with Crippen molar-refractivity contribution >= 4 is 45.9 Å². The van der Waals surface area contributed by atoms with Gasteiger partial charge in [-0.2, -0.15) is 0 Å². The number of aromatic nitrogens is 2. The Morgan fingerprint density at radius 1 is 1.09 bits per heavy atom. The zero-order chi connectivity index (χ0) is 32.5. The lowest BCUT2D eigenvalue weighted by atomic mass is 9.95. The van der Waals surface area contributed by atoms with Crippen LogP contribution in [0.4, 0.5) is 0 Å². The van der Waals surface area contributed by atoms with E-state index in [1.54, 1.807) is 37.7 Å². The third-order valence-corrected chi connectivity index (χ3v) is 8.95. The van der Waals surface area contributed by atoms with Crippen molar-refractivity contribution in [3.05, 3.63) is 126 Å². The van der Waals surface area contributed by atoms with Crippen LogP contribution >= 0.6 is 22.9 Å². The average molecular weight is 656 g/mol. The molecule has 0 aliphatic carbocycles. The van der Waals surface area contributed by atoms with Crippen molar-refractivity contribution in [3.63, 3.8) is 0 Å². The van der Waals surface area contributed by atoms with Crippen LogP contribution in [0.3, 0.4) is 0 Å². The van der Waals surface area contributed by atoms with Crippen LogP contribution < -0.4 is 24.4 Å². The molecule has 0 amide bonds. The number of methoxy groups -OCH3 is 1. The molecule has 0 unspecified atom stereocenters. The van der Waals surface area contributed by atoms with E-state index in [1.807, 2.05) is 68.5 Å². The summed E-state index contributed by atoms with van der Waals surface area (Å²) in [4.78, 5) is 32.9. The Morgan fingerprint density at radius 2 is 1.89 bits per heavy atom. The fourth-order valence-electron chi connectivity index (χ4n) is 5.81. The normalized spacial score (nSPS) is 14.8. The van der Waals surface area contributed by atoms with E-state index in [1.165, 1.54) is 11.3 Å². The van der Waals surface area contributed by atoms with Gasteiger partial charge in [0.15, 0.2) is 16.3 Å². The number of carbonyl (C=O) groups excluding carboxylic acids is 1. The maximum Gasteiger partial charge on any atom is 0.338 e. The number of nitrogens with zero attached hydrogens (tertiary/aromatic N) is 3. The van der Waals surface area contributed by atoms with E-state index in [-0.39, 0.29) is 18.3 Å². The monoisotopic (exact) mass is 655 g/mol. The Morgan fingerprint density at radius 3 is 2.63 bits per heavy atom. The smallest absolute Gasteiger partial charge is 0.338 e. The number of benzene rings is 3. The summed E-state index contributed by atoms with van der Waals surface area (Å²) in [5.41, 5.74) is 4.23. The highest BCUT2D eigenvalue weighted by atomic mass is 35.5. The first-order valence-electron chi connectivity index (χ1n) is 15.0. The summed E-state index contributed by atoms with van der Waals surface area (Å²) in [6, 6.07) is 20.6. The van der Waals surface area contributed by atoms with Gasteiger partial charge in [0.1, 0.15) is 0 Å². The second-order valence-corrected chi connectivity index (χ2v) is 12.7. The number of halogens is 1. The molecule has 46 heavy (non-hydrogen) atoms. The zero-order valence-corrected chi connectivity index (χ0v) is 27.8. The van der Waals surface area contributed by atoms with E-state index in [0.717, 1.165) is 22.0 Å². The lowest BCUT2D eigenvalue weighted by molar-refractivity contribution is -0.139. The first kappa shape index (κ1) is 31.4. The molecule has 0 N–H and O–H groups in total. The van der Waals surface area contributed by atoms with Crippen molar-refractivity contribution in [2.45, 2.75) is 46.4 Å². The van der Waals surface area contributed by atoms with Gasteiger partial charge in [-0.3, -0.25) is 9.36 Å². The predicted molar refractivity (Wildman–Crippen MR) is 182 cm³/mol. The molecule has 0 spiro atoms. The van der Waals surface area contributed by atoms with E-state index >= 15 is 0 Å². The van der Waals surface area contributed by atoms with E-state index < -0.39 is 12.0 Å². The summed E-state index contributed by atoms with van der Waals surface area (Å²) < 4.78 is 21.3. The van der Waals surface area contributed by atoms with Gasteiger partial charge in [-0.15, -0.1) is 0 Å². The molecule has 5 aromatic rings. The average Bonchev–Trinajstić information content (AvgIpc) is 3.52.